The van der Waals surface area contributed by atoms with E-state index in [0.29, 0.717) is 43.2 Å². The molecule has 1 heterocycles. The van der Waals surface area contributed by atoms with Crippen LogP contribution in [0.1, 0.15) is 70.7 Å². The first-order chi connectivity index (χ1) is 16.7. The molecule has 1 aromatic rings. The van der Waals surface area contributed by atoms with E-state index in [9.17, 15) is 9.59 Å². The van der Waals surface area contributed by atoms with Crippen LogP contribution in [0.4, 0.5) is 0 Å². The Morgan fingerprint density at radius 3 is 2.31 bits per heavy atom. The number of amides is 2. The normalized spacial score (nSPS) is 17.5. The Morgan fingerprint density at radius 2 is 1.78 bits per heavy atom. The average molecular weight is 528 g/mol. The van der Waals surface area contributed by atoms with Gasteiger partial charge in [0.05, 0.1) is 13.7 Å². The first-order valence-corrected chi connectivity index (χ1v) is 12.9. The predicted octanol–water partition coefficient (Wildman–Crippen LogP) is 4.15. The molecular weight excluding hydrogens is 482 g/mol. The second kappa shape index (κ2) is 15.9. The summed E-state index contributed by atoms with van der Waals surface area (Å²) in [6.45, 7) is 12.7. The van der Waals surface area contributed by atoms with Gasteiger partial charge in [-0.2, -0.15) is 0 Å². The van der Waals surface area contributed by atoms with Gasteiger partial charge in [-0.05, 0) is 65.7 Å². The van der Waals surface area contributed by atoms with Crippen LogP contribution in [-0.2, 0) is 9.53 Å². The molecule has 2 amide bonds. The first-order valence-electron chi connectivity index (χ1n) is 12.9. The van der Waals surface area contributed by atoms with Crippen LogP contribution < -0.4 is 14.8 Å². The highest BCUT2D eigenvalue weighted by Crippen LogP contribution is 2.30. The summed E-state index contributed by atoms with van der Waals surface area (Å²) < 4.78 is 16.4. The molecule has 1 aromatic carbocycles. The molecule has 8 nitrogen and oxygen atoms in total. The van der Waals surface area contributed by atoms with Crippen molar-refractivity contribution >= 4 is 24.2 Å². The van der Waals surface area contributed by atoms with Crippen LogP contribution in [0.5, 0.6) is 11.5 Å². The monoisotopic (exact) mass is 527 g/mol. The number of benzene rings is 1. The second-order valence-electron chi connectivity index (χ2n) is 9.68. The molecule has 9 heteroatoms. The van der Waals surface area contributed by atoms with Gasteiger partial charge in [0, 0.05) is 69.4 Å². The summed E-state index contributed by atoms with van der Waals surface area (Å²) in [5.74, 6) is 1.32. The van der Waals surface area contributed by atoms with Gasteiger partial charge in [-0.15, -0.1) is 12.4 Å². The van der Waals surface area contributed by atoms with E-state index in [1.165, 1.54) is 0 Å². The maximum Gasteiger partial charge on any atom is 0.254 e. The number of carbonyl (C=O) groups excluding carboxylic acids is 2. The predicted molar refractivity (Wildman–Crippen MR) is 145 cm³/mol. The maximum absolute atomic E-state index is 13.6. The number of hydrogen-bond donors (Lipinski definition) is 1. The quantitative estimate of drug-likeness (QED) is 0.388. The van der Waals surface area contributed by atoms with Crippen LogP contribution in [0.15, 0.2) is 18.2 Å². The number of hydrogen-bond acceptors (Lipinski definition) is 6. The molecule has 2 atom stereocenters. The number of rotatable bonds is 13. The molecular formula is C27H46ClN3O5. The zero-order valence-corrected chi connectivity index (χ0v) is 23.9. The SMILES string of the molecule is CCN(C(=O)C[C@H]1CC[C@@H](N(C(=O)c2ccc(OC)c(OCCCOC)c2)C(C)C)CN1)C(C)C.Cl. The van der Waals surface area contributed by atoms with Crippen molar-refractivity contribution in [2.45, 2.75) is 84.5 Å². The molecule has 206 valence electrons. The fourth-order valence-corrected chi connectivity index (χ4v) is 4.75. The average Bonchev–Trinajstić information content (AvgIpc) is 2.82. The lowest BCUT2D eigenvalue weighted by Gasteiger charge is -2.40. The molecule has 0 bridgehead atoms. The highest BCUT2D eigenvalue weighted by atomic mass is 35.5. The van der Waals surface area contributed by atoms with Gasteiger partial charge in [-0.3, -0.25) is 9.59 Å². The number of carbonyl (C=O) groups is 2. The summed E-state index contributed by atoms with van der Waals surface area (Å²) >= 11 is 0. The molecule has 0 radical (unpaired) electrons. The summed E-state index contributed by atoms with van der Waals surface area (Å²) in [5, 5.41) is 3.53. The number of ether oxygens (including phenoxy) is 3. The topological polar surface area (TPSA) is 80.3 Å². The van der Waals surface area contributed by atoms with Gasteiger partial charge < -0.3 is 29.3 Å². The van der Waals surface area contributed by atoms with Gasteiger partial charge in [-0.25, -0.2) is 0 Å². The first kappa shape index (κ1) is 32.0. The van der Waals surface area contributed by atoms with Crippen molar-refractivity contribution in [3.8, 4) is 11.5 Å². The Hall–Kier alpha value is -2.03. The Morgan fingerprint density at radius 1 is 1.06 bits per heavy atom. The van der Waals surface area contributed by atoms with Crippen molar-refractivity contribution in [1.29, 1.82) is 0 Å². The largest absolute Gasteiger partial charge is 0.493 e. The minimum atomic E-state index is -0.0253. The van der Waals surface area contributed by atoms with Crippen molar-refractivity contribution in [3.05, 3.63) is 23.8 Å². The molecule has 0 aliphatic carbocycles. The van der Waals surface area contributed by atoms with Crippen molar-refractivity contribution < 1.29 is 23.8 Å². The van der Waals surface area contributed by atoms with Gasteiger partial charge in [0.25, 0.3) is 5.91 Å². The molecule has 0 saturated carbocycles. The van der Waals surface area contributed by atoms with Crippen LogP contribution >= 0.6 is 12.4 Å². The number of piperidine rings is 1. The third kappa shape index (κ3) is 8.82. The van der Waals surface area contributed by atoms with Crippen LogP contribution in [0.3, 0.4) is 0 Å². The molecule has 1 fully saturated rings. The van der Waals surface area contributed by atoms with Gasteiger partial charge >= 0.3 is 0 Å². The van der Waals surface area contributed by atoms with E-state index in [2.05, 4.69) is 5.32 Å². The smallest absolute Gasteiger partial charge is 0.254 e. The molecule has 0 unspecified atom stereocenters. The summed E-state index contributed by atoms with van der Waals surface area (Å²) in [7, 11) is 3.25. The molecule has 1 saturated heterocycles. The summed E-state index contributed by atoms with van der Waals surface area (Å²) in [6.07, 6.45) is 2.97. The Balaban J connectivity index is 0.00000648. The lowest BCUT2D eigenvalue weighted by molar-refractivity contribution is -0.133. The standard InChI is InChI=1S/C27H45N3O5.ClH/c1-8-29(19(2)3)26(31)17-22-11-12-23(18-28-22)30(20(4)5)27(32)21-10-13-24(34-7)25(16-21)35-15-9-14-33-6;/h10,13,16,19-20,22-23,28H,8-9,11-12,14-15,17-18H2,1-7H3;1H/t22-,23-;/m1./s1. The van der Waals surface area contributed by atoms with Gasteiger partial charge in [-0.1, -0.05) is 0 Å². The summed E-state index contributed by atoms with van der Waals surface area (Å²) in [6, 6.07) is 5.80. The molecule has 1 aliphatic heterocycles. The van der Waals surface area contributed by atoms with E-state index in [0.717, 1.165) is 25.8 Å². The number of nitrogens with one attached hydrogen (secondary N) is 1. The van der Waals surface area contributed by atoms with E-state index < -0.39 is 0 Å². The summed E-state index contributed by atoms with van der Waals surface area (Å²) in [5.41, 5.74) is 0.578. The minimum Gasteiger partial charge on any atom is -0.493 e. The van der Waals surface area contributed by atoms with Crippen molar-refractivity contribution in [2.24, 2.45) is 0 Å². The number of nitrogens with zero attached hydrogens (tertiary/aromatic N) is 2. The van der Waals surface area contributed by atoms with Crippen molar-refractivity contribution in [1.82, 2.24) is 15.1 Å². The lowest BCUT2D eigenvalue weighted by Crippen LogP contribution is -2.54. The third-order valence-electron chi connectivity index (χ3n) is 6.54. The maximum atomic E-state index is 13.6. The van der Waals surface area contributed by atoms with Gasteiger partial charge in [0.2, 0.25) is 5.91 Å². The molecule has 1 N–H and O–H groups in total. The Bertz CT molecular complexity index is 813. The fourth-order valence-electron chi connectivity index (χ4n) is 4.75. The van der Waals surface area contributed by atoms with Crippen LogP contribution in [0.2, 0.25) is 0 Å². The van der Waals surface area contributed by atoms with E-state index in [1.54, 1.807) is 32.4 Å². The highest BCUT2D eigenvalue weighted by molar-refractivity contribution is 5.95. The summed E-state index contributed by atoms with van der Waals surface area (Å²) in [4.78, 5) is 30.2. The molecule has 1 aliphatic rings. The zero-order valence-electron chi connectivity index (χ0n) is 23.0. The highest BCUT2D eigenvalue weighted by Gasteiger charge is 2.32. The molecule has 2 rings (SSSR count). The van der Waals surface area contributed by atoms with E-state index in [-0.39, 0.29) is 48.4 Å². The fraction of sp³-hybridized carbons (Fsp3) is 0.704. The van der Waals surface area contributed by atoms with Gasteiger partial charge in [0.15, 0.2) is 11.5 Å². The molecule has 36 heavy (non-hydrogen) atoms. The van der Waals surface area contributed by atoms with Crippen LogP contribution in [0.25, 0.3) is 0 Å². The zero-order chi connectivity index (χ0) is 26.0. The van der Waals surface area contributed by atoms with Crippen molar-refractivity contribution in [2.75, 3.05) is 40.5 Å². The van der Waals surface area contributed by atoms with Crippen molar-refractivity contribution in [3.63, 3.8) is 0 Å². The van der Waals surface area contributed by atoms with E-state index >= 15 is 0 Å². The Kier molecular flexibility index (Phi) is 14.2. The third-order valence-corrected chi connectivity index (χ3v) is 6.54. The van der Waals surface area contributed by atoms with Gasteiger partial charge in [0.1, 0.15) is 0 Å². The minimum absolute atomic E-state index is 0. The number of methoxy groups -OCH3 is 2. The van der Waals surface area contributed by atoms with Crippen LogP contribution in [-0.4, -0.2) is 86.3 Å². The van der Waals surface area contributed by atoms with E-state index in [1.807, 2.05) is 44.4 Å². The molecule has 0 aromatic heterocycles. The Labute approximate surface area is 223 Å². The lowest BCUT2D eigenvalue weighted by atomic mass is 9.95. The van der Waals surface area contributed by atoms with E-state index in [4.69, 9.17) is 14.2 Å². The number of halogens is 1. The second-order valence-corrected chi connectivity index (χ2v) is 9.68. The van der Waals surface area contributed by atoms with Crippen LogP contribution in [0, 0.1) is 0 Å². The molecule has 0 spiro atoms.